The summed E-state index contributed by atoms with van der Waals surface area (Å²) >= 11 is 0. The van der Waals surface area contributed by atoms with Crippen molar-refractivity contribution in [3.05, 3.63) is 77.6 Å². The van der Waals surface area contributed by atoms with Crippen LogP contribution < -0.4 is 20.1 Å². The van der Waals surface area contributed by atoms with E-state index in [1.807, 2.05) is 30.3 Å². The lowest BCUT2D eigenvalue weighted by Crippen LogP contribution is -2.12. The maximum atomic E-state index is 12.9. The molecule has 2 amide bonds. The highest BCUT2D eigenvalue weighted by atomic mass is 16.5. The fraction of sp³-hybridized carbons (Fsp3) is 0.192. The number of aryl methyl sites for hydroxylation is 2. The Bertz CT molecular complexity index is 1330. The SMILES string of the molecule is COc1ccc(OC)c(NC(=O)c2ccc3nc(CCc4ccc(NC(C)=O)cc4)[nH]c3c2)c1. The van der Waals surface area contributed by atoms with Crippen molar-refractivity contribution in [2.75, 3.05) is 24.9 Å². The lowest BCUT2D eigenvalue weighted by Gasteiger charge is -2.11. The van der Waals surface area contributed by atoms with Gasteiger partial charge in [-0.25, -0.2) is 4.98 Å². The second kappa shape index (κ2) is 10.1. The first-order chi connectivity index (χ1) is 16.4. The summed E-state index contributed by atoms with van der Waals surface area (Å²) < 4.78 is 10.6. The highest BCUT2D eigenvalue weighted by molar-refractivity contribution is 6.06. The van der Waals surface area contributed by atoms with Crippen molar-refractivity contribution in [2.45, 2.75) is 19.8 Å². The molecule has 0 radical (unpaired) electrons. The van der Waals surface area contributed by atoms with Crippen LogP contribution in [0, 0.1) is 0 Å². The van der Waals surface area contributed by atoms with Crippen molar-refractivity contribution in [1.29, 1.82) is 0 Å². The number of carbonyl (C=O) groups excluding carboxylic acids is 2. The summed E-state index contributed by atoms with van der Waals surface area (Å²) in [4.78, 5) is 32.0. The van der Waals surface area contributed by atoms with Gasteiger partial charge in [-0.05, 0) is 54.4 Å². The lowest BCUT2D eigenvalue weighted by molar-refractivity contribution is -0.114. The quantitative estimate of drug-likeness (QED) is 0.359. The summed E-state index contributed by atoms with van der Waals surface area (Å²) in [7, 11) is 3.12. The second-order valence-electron chi connectivity index (χ2n) is 7.81. The number of hydrogen-bond acceptors (Lipinski definition) is 5. The van der Waals surface area contributed by atoms with Gasteiger partial charge in [-0.15, -0.1) is 0 Å². The molecule has 0 aliphatic heterocycles. The van der Waals surface area contributed by atoms with Gasteiger partial charge in [-0.1, -0.05) is 12.1 Å². The van der Waals surface area contributed by atoms with E-state index >= 15 is 0 Å². The number of benzene rings is 3. The summed E-state index contributed by atoms with van der Waals surface area (Å²) in [6.45, 7) is 1.49. The summed E-state index contributed by atoms with van der Waals surface area (Å²) in [6, 6.07) is 18.3. The first kappa shape index (κ1) is 22.8. The molecule has 0 aliphatic rings. The van der Waals surface area contributed by atoms with Crippen molar-refractivity contribution >= 4 is 34.2 Å². The molecule has 0 atom stereocenters. The van der Waals surface area contributed by atoms with Crippen molar-refractivity contribution in [2.24, 2.45) is 0 Å². The number of aromatic amines is 1. The number of nitrogens with zero attached hydrogens (tertiary/aromatic N) is 1. The number of carbonyl (C=O) groups is 2. The zero-order valence-corrected chi connectivity index (χ0v) is 19.3. The highest BCUT2D eigenvalue weighted by Crippen LogP contribution is 2.29. The predicted octanol–water partition coefficient (Wildman–Crippen LogP) is 4.58. The number of imidazole rings is 1. The molecule has 0 saturated heterocycles. The molecule has 1 heterocycles. The molecule has 0 aliphatic carbocycles. The van der Waals surface area contributed by atoms with E-state index in [2.05, 4.69) is 20.6 Å². The smallest absolute Gasteiger partial charge is 0.255 e. The third-order valence-corrected chi connectivity index (χ3v) is 5.37. The number of rotatable bonds is 8. The Hall–Kier alpha value is -4.33. The van der Waals surface area contributed by atoms with Crippen molar-refractivity contribution in [1.82, 2.24) is 9.97 Å². The van der Waals surface area contributed by atoms with Gasteiger partial charge >= 0.3 is 0 Å². The van der Waals surface area contributed by atoms with Crippen molar-refractivity contribution in [3.63, 3.8) is 0 Å². The number of nitrogens with one attached hydrogen (secondary N) is 3. The fourth-order valence-electron chi connectivity index (χ4n) is 3.65. The summed E-state index contributed by atoms with van der Waals surface area (Å²) in [5, 5.41) is 5.64. The molecular formula is C26H26N4O4. The van der Waals surface area contributed by atoms with Gasteiger partial charge in [0.15, 0.2) is 0 Å². The minimum atomic E-state index is -0.260. The zero-order chi connectivity index (χ0) is 24.1. The van der Waals surface area contributed by atoms with Crippen molar-refractivity contribution in [3.8, 4) is 11.5 Å². The van der Waals surface area contributed by atoms with Gasteiger partial charge in [-0.2, -0.15) is 0 Å². The Morgan fingerprint density at radius 3 is 2.41 bits per heavy atom. The molecule has 0 spiro atoms. The van der Waals surface area contributed by atoms with E-state index in [1.165, 1.54) is 6.92 Å². The van der Waals surface area contributed by atoms with Gasteiger partial charge in [0, 0.05) is 30.7 Å². The van der Waals surface area contributed by atoms with Crippen LogP contribution in [0.3, 0.4) is 0 Å². The Kier molecular flexibility index (Phi) is 6.77. The van der Waals surface area contributed by atoms with Crippen LogP contribution in [0.1, 0.15) is 28.7 Å². The summed E-state index contributed by atoms with van der Waals surface area (Å²) in [6.07, 6.45) is 1.51. The largest absolute Gasteiger partial charge is 0.497 e. The number of hydrogen-bond donors (Lipinski definition) is 3. The first-order valence-electron chi connectivity index (χ1n) is 10.8. The van der Waals surface area contributed by atoms with E-state index in [9.17, 15) is 9.59 Å². The predicted molar refractivity (Wildman–Crippen MR) is 132 cm³/mol. The third kappa shape index (κ3) is 5.35. The molecule has 0 saturated carbocycles. The maximum absolute atomic E-state index is 12.9. The Morgan fingerprint density at radius 2 is 1.71 bits per heavy atom. The van der Waals surface area contributed by atoms with Gasteiger partial charge in [0.2, 0.25) is 5.91 Å². The lowest BCUT2D eigenvalue weighted by atomic mass is 10.1. The molecule has 8 heteroatoms. The van der Waals surface area contributed by atoms with Crippen molar-refractivity contribution < 1.29 is 19.1 Å². The topological polar surface area (TPSA) is 105 Å². The Morgan fingerprint density at radius 1 is 0.912 bits per heavy atom. The van der Waals surface area contributed by atoms with Gasteiger partial charge < -0.3 is 25.1 Å². The number of ether oxygens (including phenoxy) is 2. The average Bonchev–Trinajstić information content (AvgIpc) is 3.25. The summed E-state index contributed by atoms with van der Waals surface area (Å²) in [5.41, 5.74) is 4.54. The molecule has 3 N–H and O–H groups in total. The van der Waals surface area contributed by atoms with Crippen LogP contribution in [-0.2, 0) is 17.6 Å². The molecule has 0 unspecified atom stereocenters. The van der Waals surface area contributed by atoms with Crippen LogP contribution in [-0.4, -0.2) is 36.0 Å². The number of anilines is 2. The molecule has 34 heavy (non-hydrogen) atoms. The van der Waals surface area contributed by atoms with Crippen LogP contribution in [0.15, 0.2) is 60.7 Å². The third-order valence-electron chi connectivity index (χ3n) is 5.37. The van der Waals surface area contributed by atoms with E-state index in [1.54, 1.807) is 44.6 Å². The Labute approximate surface area is 197 Å². The van der Waals surface area contributed by atoms with E-state index in [-0.39, 0.29) is 11.8 Å². The normalized spacial score (nSPS) is 10.7. The molecule has 4 rings (SSSR count). The zero-order valence-electron chi connectivity index (χ0n) is 19.3. The number of methoxy groups -OCH3 is 2. The minimum absolute atomic E-state index is 0.0919. The number of amides is 2. The van der Waals surface area contributed by atoms with Gasteiger partial charge in [0.25, 0.3) is 5.91 Å². The molecule has 8 nitrogen and oxygen atoms in total. The first-order valence-corrected chi connectivity index (χ1v) is 10.8. The van der Waals surface area contributed by atoms with Gasteiger partial charge in [0.05, 0.1) is 30.9 Å². The minimum Gasteiger partial charge on any atom is -0.497 e. The van der Waals surface area contributed by atoms with E-state index in [4.69, 9.17) is 9.47 Å². The van der Waals surface area contributed by atoms with E-state index in [0.29, 0.717) is 22.7 Å². The standard InChI is InChI=1S/C26H26N4O4/c1-16(31)27-19-8-4-17(5-9-19)6-13-25-28-21-11-7-18(14-22(21)29-25)26(32)30-23-15-20(33-2)10-12-24(23)34-3/h4-5,7-12,14-15H,6,13H2,1-3H3,(H,27,31)(H,28,29)(H,30,32). The van der Waals surface area contributed by atoms with Crippen LogP contribution in [0.2, 0.25) is 0 Å². The van der Waals surface area contributed by atoms with Crippen LogP contribution in [0.4, 0.5) is 11.4 Å². The van der Waals surface area contributed by atoms with Crippen LogP contribution in [0.25, 0.3) is 11.0 Å². The summed E-state index contributed by atoms with van der Waals surface area (Å²) in [5.74, 6) is 1.65. The number of H-pyrrole nitrogens is 1. The monoisotopic (exact) mass is 458 g/mol. The molecule has 0 fully saturated rings. The highest BCUT2D eigenvalue weighted by Gasteiger charge is 2.13. The molecular weight excluding hydrogens is 432 g/mol. The molecule has 174 valence electrons. The fourth-order valence-corrected chi connectivity index (χ4v) is 3.65. The van der Waals surface area contributed by atoms with Crippen LogP contribution in [0.5, 0.6) is 11.5 Å². The van der Waals surface area contributed by atoms with E-state index < -0.39 is 0 Å². The molecule has 0 bridgehead atoms. The molecule has 1 aromatic heterocycles. The molecule has 3 aromatic carbocycles. The van der Waals surface area contributed by atoms with Gasteiger partial charge in [-0.3, -0.25) is 9.59 Å². The maximum Gasteiger partial charge on any atom is 0.255 e. The number of aromatic nitrogens is 2. The number of fused-ring (bicyclic) bond motifs is 1. The second-order valence-corrected chi connectivity index (χ2v) is 7.81. The van der Waals surface area contributed by atoms with Gasteiger partial charge in [0.1, 0.15) is 17.3 Å². The molecule has 4 aromatic rings. The van der Waals surface area contributed by atoms with Crippen LogP contribution >= 0.6 is 0 Å². The van der Waals surface area contributed by atoms with E-state index in [0.717, 1.165) is 41.0 Å². The Balaban J connectivity index is 1.45. The average molecular weight is 459 g/mol.